The van der Waals surface area contributed by atoms with Crippen LogP contribution in [0.2, 0.25) is 0 Å². The molecule has 0 spiro atoms. The minimum absolute atomic E-state index is 0.185. The van der Waals surface area contributed by atoms with Gasteiger partial charge in [-0.3, -0.25) is 4.79 Å². The van der Waals surface area contributed by atoms with E-state index in [1.807, 2.05) is 6.07 Å². The highest BCUT2D eigenvalue weighted by atomic mass is 16.6. The van der Waals surface area contributed by atoms with Crippen LogP contribution in [0.15, 0.2) is 53.1 Å². The number of hydrogen-bond donors (Lipinski definition) is 1. The zero-order chi connectivity index (χ0) is 16.2. The predicted octanol–water partition coefficient (Wildman–Crippen LogP) is 3.73. The van der Waals surface area contributed by atoms with Crippen molar-refractivity contribution in [2.45, 2.75) is 32.4 Å². The van der Waals surface area contributed by atoms with Crippen LogP contribution in [0.4, 0.5) is 4.79 Å². The number of rotatable bonds is 4. The molecule has 1 aromatic heterocycles. The third kappa shape index (κ3) is 4.22. The average Bonchev–Trinajstić information content (AvgIpc) is 2.97. The summed E-state index contributed by atoms with van der Waals surface area (Å²) in [6, 6.07) is 11.3. The van der Waals surface area contributed by atoms with Crippen molar-refractivity contribution >= 4 is 11.9 Å². The first kappa shape index (κ1) is 15.8. The molecule has 1 aromatic carbocycles. The summed E-state index contributed by atoms with van der Waals surface area (Å²) in [5, 5.41) is 2.61. The Morgan fingerprint density at radius 1 is 1.09 bits per heavy atom. The van der Waals surface area contributed by atoms with Gasteiger partial charge in [0.2, 0.25) is 5.78 Å². The van der Waals surface area contributed by atoms with Crippen LogP contribution in [0, 0.1) is 0 Å². The van der Waals surface area contributed by atoms with E-state index in [0.29, 0.717) is 5.56 Å². The molecule has 5 nitrogen and oxygen atoms in total. The largest absolute Gasteiger partial charge is 0.461 e. The van der Waals surface area contributed by atoms with E-state index in [1.54, 1.807) is 57.2 Å². The molecule has 0 bridgehead atoms. The van der Waals surface area contributed by atoms with Crippen LogP contribution >= 0.6 is 0 Å². The van der Waals surface area contributed by atoms with Gasteiger partial charge in [-0.05, 0) is 38.5 Å². The minimum atomic E-state index is -0.859. The van der Waals surface area contributed by atoms with Crippen LogP contribution in [0.3, 0.4) is 0 Å². The highest BCUT2D eigenvalue weighted by Gasteiger charge is 2.28. The first-order chi connectivity index (χ1) is 10.4. The van der Waals surface area contributed by atoms with E-state index in [1.165, 1.54) is 6.26 Å². The number of amides is 1. The first-order valence-electron chi connectivity index (χ1n) is 6.99. The van der Waals surface area contributed by atoms with E-state index in [-0.39, 0.29) is 11.5 Å². The first-order valence-corrected chi connectivity index (χ1v) is 6.99. The van der Waals surface area contributed by atoms with Gasteiger partial charge < -0.3 is 14.5 Å². The molecule has 22 heavy (non-hydrogen) atoms. The predicted molar refractivity (Wildman–Crippen MR) is 81.6 cm³/mol. The maximum atomic E-state index is 12.5. The summed E-state index contributed by atoms with van der Waals surface area (Å²) >= 11 is 0. The van der Waals surface area contributed by atoms with Crippen molar-refractivity contribution in [1.82, 2.24) is 5.32 Å². The number of furan rings is 1. The molecule has 0 radical (unpaired) electrons. The van der Waals surface area contributed by atoms with Gasteiger partial charge in [0.25, 0.3) is 0 Å². The molecule has 1 heterocycles. The number of nitrogens with one attached hydrogen (secondary N) is 1. The van der Waals surface area contributed by atoms with Crippen molar-refractivity contribution in [2.75, 3.05) is 0 Å². The van der Waals surface area contributed by atoms with Gasteiger partial charge in [0.05, 0.1) is 6.26 Å². The van der Waals surface area contributed by atoms with Gasteiger partial charge in [-0.15, -0.1) is 0 Å². The van der Waals surface area contributed by atoms with Gasteiger partial charge in [-0.2, -0.15) is 0 Å². The molecule has 0 saturated carbocycles. The molecule has 0 aliphatic rings. The molecule has 0 saturated heterocycles. The van der Waals surface area contributed by atoms with E-state index in [0.717, 1.165) is 0 Å². The topological polar surface area (TPSA) is 68.5 Å². The Morgan fingerprint density at radius 3 is 2.32 bits per heavy atom. The Balaban J connectivity index is 2.23. The van der Waals surface area contributed by atoms with Crippen molar-refractivity contribution in [2.24, 2.45) is 0 Å². The fourth-order valence-corrected chi connectivity index (χ4v) is 1.93. The standard InChI is InChI=1S/C17H19NO4/c1-17(2,3)22-16(20)18-14(12-8-5-4-6-9-12)15(19)13-10-7-11-21-13/h4-11,14H,1-3H3,(H,18,20). The summed E-state index contributed by atoms with van der Waals surface area (Å²) in [5.41, 5.74) is 0.0220. The van der Waals surface area contributed by atoms with Crippen LogP contribution in [0.5, 0.6) is 0 Å². The number of alkyl carbamates (subject to hydrolysis) is 1. The van der Waals surface area contributed by atoms with Crippen LogP contribution in [-0.4, -0.2) is 17.5 Å². The van der Waals surface area contributed by atoms with E-state index in [2.05, 4.69) is 5.32 Å². The highest BCUT2D eigenvalue weighted by Crippen LogP contribution is 2.20. The molecule has 5 heteroatoms. The molecule has 0 aliphatic carbocycles. The zero-order valence-corrected chi connectivity index (χ0v) is 12.8. The molecule has 1 unspecified atom stereocenters. The Morgan fingerprint density at radius 2 is 1.77 bits per heavy atom. The third-order valence-corrected chi connectivity index (χ3v) is 2.82. The zero-order valence-electron chi connectivity index (χ0n) is 12.8. The second-order valence-electron chi connectivity index (χ2n) is 5.83. The lowest BCUT2D eigenvalue weighted by Gasteiger charge is -2.23. The van der Waals surface area contributed by atoms with Crippen molar-refractivity contribution < 1.29 is 18.7 Å². The quantitative estimate of drug-likeness (QED) is 0.874. The lowest BCUT2D eigenvalue weighted by atomic mass is 10.0. The maximum absolute atomic E-state index is 12.5. The summed E-state index contributed by atoms with van der Waals surface area (Å²) in [6.45, 7) is 5.29. The monoisotopic (exact) mass is 301 g/mol. The van der Waals surface area contributed by atoms with Crippen molar-refractivity contribution in [3.63, 3.8) is 0 Å². The molecule has 1 amide bonds. The average molecular weight is 301 g/mol. The van der Waals surface area contributed by atoms with Crippen molar-refractivity contribution in [3.8, 4) is 0 Å². The SMILES string of the molecule is CC(C)(C)OC(=O)NC(C(=O)c1ccco1)c1ccccc1. The Labute approximate surface area is 129 Å². The summed E-state index contributed by atoms with van der Waals surface area (Å²) in [6.07, 6.45) is 0.768. The highest BCUT2D eigenvalue weighted by molar-refractivity contribution is 5.99. The fraction of sp³-hybridized carbons (Fsp3) is 0.294. The lowest BCUT2D eigenvalue weighted by molar-refractivity contribution is 0.0488. The third-order valence-electron chi connectivity index (χ3n) is 2.82. The van der Waals surface area contributed by atoms with E-state index in [9.17, 15) is 9.59 Å². The molecular weight excluding hydrogens is 282 g/mol. The van der Waals surface area contributed by atoms with Crippen LogP contribution in [-0.2, 0) is 4.74 Å². The molecule has 0 aliphatic heterocycles. The van der Waals surface area contributed by atoms with Gasteiger partial charge in [0.15, 0.2) is 5.76 Å². The second kappa shape index (κ2) is 6.47. The summed E-state index contributed by atoms with van der Waals surface area (Å²) in [4.78, 5) is 24.5. The van der Waals surface area contributed by atoms with Gasteiger partial charge in [0.1, 0.15) is 11.6 Å². The Bertz CT molecular complexity index is 626. The number of Topliss-reactive ketones (excluding diaryl/α,β-unsaturated/α-hetero) is 1. The van der Waals surface area contributed by atoms with Crippen LogP contribution in [0.25, 0.3) is 0 Å². The smallest absolute Gasteiger partial charge is 0.408 e. The molecule has 1 atom stereocenters. The van der Waals surface area contributed by atoms with Crippen molar-refractivity contribution in [1.29, 1.82) is 0 Å². The van der Waals surface area contributed by atoms with Gasteiger partial charge in [-0.25, -0.2) is 4.79 Å². The fourth-order valence-electron chi connectivity index (χ4n) is 1.93. The normalized spacial score (nSPS) is 12.5. The van der Waals surface area contributed by atoms with Crippen LogP contribution < -0.4 is 5.32 Å². The summed E-state index contributed by atoms with van der Waals surface area (Å²) in [5.74, 6) is -0.146. The molecular formula is C17H19NO4. The lowest BCUT2D eigenvalue weighted by Crippen LogP contribution is -2.38. The minimum Gasteiger partial charge on any atom is -0.461 e. The number of ether oxygens (including phenoxy) is 1. The molecule has 0 fully saturated rings. The number of carbonyl (C=O) groups is 2. The molecule has 2 aromatic rings. The van der Waals surface area contributed by atoms with Gasteiger partial charge in [0, 0.05) is 0 Å². The maximum Gasteiger partial charge on any atom is 0.408 e. The van der Waals surface area contributed by atoms with E-state index < -0.39 is 17.7 Å². The molecule has 116 valence electrons. The Kier molecular flexibility index (Phi) is 4.65. The number of benzene rings is 1. The summed E-state index contributed by atoms with van der Waals surface area (Å²) < 4.78 is 10.4. The van der Waals surface area contributed by atoms with E-state index in [4.69, 9.17) is 9.15 Å². The molecule has 1 N–H and O–H groups in total. The van der Waals surface area contributed by atoms with Gasteiger partial charge >= 0.3 is 6.09 Å². The van der Waals surface area contributed by atoms with Crippen molar-refractivity contribution in [3.05, 3.63) is 60.1 Å². The molecule has 2 rings (SSSR count). The second-order valence-corrected chi connectivity index (χ2v) is 5.83. The Hall–Kier alpha value is -2.56. The number of carbonyl (C=O) groups excluding carboxylic acids is 2. The number of ketones is 1. The van der Waals surface area contributed by atoms with E-state index >= 15 is 0 Å². The van der Waals surface area contributed by atoms with Gasteiger partial charge in [-0.1, -0.05) is 30.3 Å². The number of hydrogen-bond acceptors (Lipinski definition) is 4. The summed E-state index contributed by atoms with van der Waals surface area (Å²) in [7, 11) is 0. The van der Waals surface area contributed by atoms with Crippen LogP contribution in [0.1, 0.15) is 42.9 Å².